The number of morpholine rings is 1. The van der Waals surface area contributed by atoms with E-state index in [4.69, 9.17) is 9.47 Å². The van der Waals surface area contributed by atoms with Gasteiger partial charge in [0.05, 0.1) is 30.9 Å². The van der Waals surface area contributed by atoms with E-state index in [9.17, 15) is 8.42 Å². The van der Waals surface area contributed by atoms with Crippen LogP contribution in [0.3, 0.4) is 0 Å². The second-order valence-corrected chi connectivity index (χ2v) is 8.71. The molecule has 0 unspecified atom stereocenters. The largest absolute Gasteiger partial charge is 0.496 e. The highest BCUT2D eigenvalue weighted by atomic mass is 32.2. The molecule has 0 aliphatic carbocycles. The molecule has 0 amide bonds. The Morgan fingerprint density at radius 3 is 2.36 bits per heavy atom. The molecular weight excluding hydrogens is 376 g/mol. The quantitative estimate of drug-likeness (QED) is 0.710. The van der Waals surface area contributed by atoms with Gasteiger partial charge in [-0.3, -0.25) is 9.21 Å². The third-order valence-electron chi connectivity index (χ3n) is 5.24. The summed E-state index contributed by atoms with van der Waals surface area (Å²) in [6.45, 7) is 7.78. The lowest BCUT2D eigenvalue weighted by molar-refractivity contribution is 0.0395. The van der Waals surface area contributed by atoms with Crippen LogP contribution in [0.4, 0.5) is 5.69 Å². The number of methoxy groups -OCH3 is 1. The second kappa shape index (κ2) is 8.94. The van der Waals surface area contributed by atoms with Crippen molar-refractivity contribution in [2.45, 2.75) is 18.7 Å². The van der Waals surface area contributed by atoms with E-state index in [0.29, 0.717) is 48.2 Å². The molecule has 2 aromatic carbocycles. The molecule has 1 aliphatic heterocycles. The van der Waals surface area contributed by atoms with Gasteiger partial charge in [0.25, 0.3) is 10.0 Å². The van der Waals surface area contributed by atoms with Gasteiger partial charge < -0.3 is 9.47 Å². The maximum Gasteiger partial charge on any atom is 0.264 e. The zero-order valence-electron chi connectivity index (χ0n) is 16.7. The molecule has 0 atom stereocenters. The number of anilines is 1. The van der Waals surface area contributed by atoms with E-state index in [-0.39, 0.29) is 0 Å². The van der Waals surface area contributed by atoms with Crippen molar-refractivity contribution in [3.8, 4) is 5.75 Å². The normalized spacial score (nSPS) is 15.4. The minimum absolute atomic E-state index is 0.316. The van der Waals surface area contributed by atoms with E-state index >= 15 is 0 Å². The Morgan fingerprint density at radius 1 is 1.04 bits per heavy atom. The first-order valence-electron chi connectivity index (χ1n) is 9.47. The number of hydrogen-bond acceptors (Lipinski definition) is 5. The van der Waals surface area contributed by atoms with Crippen LogP contribution in [0.2, 0.25) is 0 Å². The van der Waals surface area contributed by atoms with Crippen LogP contribution < -0.4 is 9.04 Å². The first-order chi connectivity index (χ1) is 13.4. The Labute approximate surface area is 167 Å². The van der Waals surface area contributed by atoms with Crippen LogP contribution in [-0.2, 0) is 14.8 Å². The van der Waals surface area contributed by atoms with Crippen molar-refractivity contribution in [3.63, 3.8) is 0 Å². The molecule has 152 valence electrons. The van der Waals surface area contributed by atoms with E-state index in [1.165, 1.54) is 4.31 Å². The summed E-state index contributed by atoms with van der Waals surface area (Å²) in [5.74, 6) is 0.691. The SMILES string of the molecule is COc1ccc(S(=O)(=O)N(CCN2CCOCC2)c2ccccc2)c(C)c1C. The molecule has 1 heterocycles. The highest BCUT2D eigenvalue weighted by Crippen LogP contribution is 2.31. The fraction of sp³-hybridized carbons (Fsp3) is 0.429. The molecule has 0 radical (unpaired) electrons. The van der Waals surface area contributed by atoms with Gasteiger partial charge in [-0.25, -0.2) is 8.42 Å². The summed E-state index contributed by atoms with van der Waals surface area (Å²) >= 11 is 0. The molecule has 1 aliphatic rings. The van der Waals surface area contributed by atoms with Gasteiger partial charge in [-0.05, 0) is 49.2 Å². The van der Waals surface area contributed by atoms with Gasteiger partial charge in [0.15, 0.2) is 0 Å². The van der Waals surface area contributed by atoms with Crippen molar-refractivity contribution in [3.05, 3.63) is 53.6 Å². The molecule has 0 aromatic heterocycles. The molecule has 0 spiro atoms. The maximum absolute atomic E-state index is 13.6. The Bertz CT molecular complexity index is 894. The van der Waals surface area contributed by atoms with Crippen LogP contribution >= 0.6 is 0 Å². The molecule has 0 N–H and O–H groups in total. The number of benzene rings is 2. The summed E-state index contributed by atoms with van der Waals surface area (Å²) in [5.41, 5.74) is 2.22. The van der Waals surface area contributed by atoms with Gasteiger partial charge in [0.2, 0.25) is 0 Å². The maximum atomic E-state index is 13.6. The second-order valence-electron chi connectivity index (χ2n) is 6.88. The number of hydrogen-bond donors (Lipinski definition) is 0. The Kier molecular flexibility index (Phi) is 6.59. The van der Waals surface area contributed by atoms with E-state index in [1.807, 2.05) is 44.2 Å². The number of ether oxygens (including phenoxy) is 2. The van der Waals surface area contributed by atoms with Crippen molar-refractivity contribution < 1.29 is 17.9 Å². The summed E-state index contributed by atoms with van der Waals surface area (Å²) in [6, 6.07) is 12.6. The van der Waals surface area contributed by atoms with Crippen LogP contribution in [0.25, 0.3) is 0 Å². The summed E-state index contributed by atoms with van der Waals surface area (Å²) in [6.07, 6.45) is 0. The van der Waals surface area contributed by atoms with Gasteiger partial charge in [-0.1, -0.05) is 18.2 Å². The summed E-state index contributed by atoms with van der Waals surface area (Å²) in [4.78, 5) is 2.55. The third-order valence-corrected chi connectivity index (χ3v) is 7.21. The molecule has 2 aromatic rings. The van der Waals surface area contributed by atoms with Crippen molar-refractivity contribution in [1.29, 1.82) is 0 Å². The van der Waals surface area contributed by atoms with E-state index in [1.54, 1.807) is 19.2 Å². The fourth-order valence-corrected chi connectivity index (χ4v) is 5.17. The monoisotopic (exact) mass is 404 g/mol. The van der Waals surface area contributed by atoms with Crippen molar-refractivity contribution >= 4 is 15.7 Å². The van der Waals surface area contributed by atoms with E-state index in [2.05, 4.69) is 4.90 Å². The van der Waals surface area contributed by atoms with Crippen LogP contribution in [0.1, 0.15) is 11.1 Å². The predicted molar refractivity (Wildman–Crippen MR) is 111 cm³/mol. The van der Waals surface area contributed by atoms with Crippen molar-refractivity contribution in [2.75, 3.05) is 50.8 Å². The van der Waals surface area contributed by atoms with Crippen LogP contribution in [0, 0.1) is 13.8 Å². The van der Waals surface area contributed by atoms with E-state index in [0.717, 1.165) is 18.7 Å². The standard InChI is InChI=1S/C21H28N2O4S/c1-17-18(2)21(10-9-20(17)26-3)28(24,25)23(19-7-5-4-6-8-19)12-11-22-13-15-27-16-14-22/h4-10H,11-16H2,1-3H3. The molecule has 6 nitrogen and oxygen atoms in total. The van der Waals surface area contributed by atoms with E-state index < -0.39 is 10.0 Å². The zero-order valence-corrected chi connectivity index (χ0v) is 17.5. The number of para-hydroxylation sites is 1. The molecule has 28 heavy (non-hydrogen) atoms. The Hall–Kier alpha value is -2.09. The Morgan fingerprint density at radius 2 is 1.71 bits per heavy atom. The fourth-order valence-electron chi connectivity index (χ4n) is 3.43. The molecule has 1 saturated heterocycles. The lowest BCUT2D eigenvalue weighted by atomic mass is 10.1. The van der Waals surface area contributed by atoms with Crippen LogP contribution in [0.15, 0.2) is 47.4 Å². The lowest BCUT2D eigenvalue weighted by Crippen LogP contribution is -2.43. The molecule has 0 bridgehead atoms. The first kappa shape index (κ1) is 20.6. The minimum atomic E-state index is -3.71. The average molecular weight is 405 g/mol. The van der Waals surface area contributed by atoms with Gasteiger partial charge >= 0.3 is 0 Å². The highest BCUT2D eigenvalue weighted by molar-refractivity contribution is 7.92. The lowest BCUT2D eigenvalue weighted by Gasteiger charge is -2.31. The van der Waals surface area contributed by atoms with Crippen molar-refractivity contribution in [1.82, 2.24) is 4.90 Å². The van der Waals surface area contributed by atoms with Crippen LogP contribution in [-0.4, -0.2) is 59.8 Å². The number of rotatable bonds is 7. The molecule has 1 fully saturated rings. The average Bonchev–Trinajstić information content (AvgIpc) is 2.71. The zero-order chi connectivity index (χ0) is 20.1. The number of nitrogens with zero attached hydrogens (tertiary/aromatic N) is 2. The smallest absolute Gasteiger partial charge is 0.264 e. The summed E-state index contributed by atoms with van der Waals surface area (Å²) < 4.78 is 39.5. The first-order valence-corrected chi connectivity index (χ1v) is 10.9. The van der Waals surface area contributed by atoms with Gasteiger partial charge in [-0.15, -0.1) is 0 Å². The molecule has 7 heteroatoms. The molecular formula is C21H28N2O4S. The van der Waals surface area contributed by atoms with Gasteiger partial charge in [-0.2, -0.15) is 0 Å². The summed E-state index contributed by atoms with van der Waals surface area (Å²) in [7, 11) is -2.12. The number of sulfonamides is 1. The Balaban J connectivity index is 1.95. The van der Waals surface area contributed by atoms with Crippen LogP contribution in [0.5, 0.6) is 5.75 Å². The van der Waals surface area contributed by atoms with Crippen molar-refractivity contribution in [2.24, 2.45) is 0 Å². The summed E-state index contributed by atoms with van der Waals surface area (Å²) in [5, 5.41) is 0. The van der Waals surface area contributed by atoms with Gasteiger partial charge in [0.1, 0.15) is 5.75 Å². The third kappa shape index (κ3) is 4.32. The molecule has 3 rings (SSSR count). The predicted octanol–water partition coefficient (Wildman–Crippen LogP) is 2.84. The minimum Gasteiger partial charge on any atom is -0.496 e. The van der Waals surface area contributed by atoms with Gasteiger partial charge in [0, 0.05) is 26.2 Å². The highest BCUT2D eigenvalue weighted by Gasteiger charge is 2.28. The molecule has 0 saturated carbocycles. The topological polar surface area (TPSA) is 59.1 Å².